The van der Waals surface area contributed by atoms with Gasteiger partial charge in [0, 0.05) is 43.0 Å². The molecular weight excluding hydrogens is 272 g/mol. The molecule has 0 aromatic rings. The molecule has 0 atom stereocenters. The van der Waals surface area contributed by atoms with Crippen molar-refractivity contribution in [1.82, 2.24) is 10.2 Å². The summed E-state index contributed by atoms with van der Waals surface area (Å²) < 4.78 is 0. The van der Waals surface area contributed by atoms with E-state index in [9.17, 15) is 0 Å². The fourth-order valence-electron chi connectivity index (χ4n) is 1.89. The van der Waals surface area contributed by atoms with Gasteiger partial charge in [-0.05, 0) is 33.4 Å². The Labute approximate surface area is 136 Å². The second kappa shape index (κ2) is 10.2. The van der Waals surface area contributed by atoms with E-state index in [0.717, 1.165) is 36.5 Å². The molecule has 126 valence electrons. The molecule has 0 amide bonds. The lowest BCUT2D eigenvalue weighted by molar-refractivity contribution is 0.435. The Morgan fingerprint density at radius 1 is 1.36 bits per heavy atom. The van der Waals surface area contributed by atoms with Crippen LogP contribution in [-0.2, 0) is 0 Å². The zero-order valence-corrected chi connectivity index (χ0v) is 15.1. The number of hydrogen-bond acceptors (Lipinski definition) is 4. The molecule has 0 saturated heterocycles. The number of unbranched alkanes of at least 4 members (excludes halogenated alkanes) is 2. The van der Waals surface area contributed by atoms with Crippen LogP contribution in [0, 0.1) is 0 Å². The third-order valence-corrected chi connectivity index (χ3v) is 3.42. The lowest BCUT2D eigenvalue weighted by Crippen LogP contribution is -2.32. The van der Waals surface area contributed by atoms with Crippen LogP contribution < -0.4 is 11.1 Å². The van der Waals surface area contributed by atoms with Crippen LogP contribution in [0.25, 0.3) is 0 Å². The van der Waals surface area contributed by atoms with E-state index in [2.05, 4.69) is 35.3 Å². The van der Waals surface area contributed by atoms with Crippen LogP contribution in [0.15, 0.2) is 41.4 Å². The summed E-state index contributed by atoms with van der Waals surface area (Å²) >= 11 is 0. The van der Waals surface area contributed by atoms with E-state index < -0.39 is 0 Å². The SMILES string of the molecule is C=CN(CCCCC)/C(N=CCC(C)(C)N)=C(/C)C(=C)NC. The highest BCUT2D eigenvalue weighted by atomic mass is 15.2. The molecule has 0 radical (unpaired) electrons. The Kier molecular flexibility index (Phi) is 9.50. The highest BCUT2D eigenvalue weighted by molar-refractivity contribution is 5.61. The third kappa shape index (κ3) is 8.03. The lowest BCUT2D eigenvalue weighted by Gasteiger charge is -2.24. The standard InChI is InChI=1S/C18H34N4/c1-8-10-11-14-22(9-2)17(15(3)16(4)20-7)21-13-12-18(5,6)19/h9,13,20H,2,4,8,10-12,14,19H2,1,3,5-7H3/b17-15-,21-13?. The van der Waals surface area contributed by atoms with Gasteiger partial charge >= 0.3 is 0 Å². The topological polar surface area (TPSA) is 53.6 Å². The number of hydrogen-bond donors (Lipinski definition) is 2. The zero-order valence-electron chi connectivity index (χ0n) is 15.1. The second-order valence-electron chi connectivity index (χ2n) is 6.26. The average Bonchev–Trinajstić information content (AvgIpc) is 2.46. The fourth-order valence-corrected chi connectivity index (χ4v) is 1.89. The zero-order chi connectivity index (χ0) is 17.2. The minimum atomic E-state index is -0.260. The van der Waals surface area contributed by atoms with Crippen LogP contribution in [0.5, 0.6) is 0 Å². The van der Waals surface area contributed by atoms with E-state index in [1.165, 1.54) is 12.8 Å². The highest BCUT2D eigenvalue weighted by Crippen LogP contribution is 2.18. The Morgan fingerprint density at radius 2 is 2.00 bits per heavy atom. The van der Waals surface area contributed by atoms with Gasteiger partial charge in [-0.2, -0.15) is 0 Å². The van der Waals surface area contributed by atoms with Gasteiger partial charge in [0.1, 0.15) is 5.82 Å². The Bertz CT molecular complexity index is 413. The van der Waals surface area contributed by atoms with Crippen molar-refractivity contribution in [1.29, 1.82) is 0 Å². The predicted octanol–water partition coefficient (Wildman–Crippen LogP) is 3.78. The van der Waals surface area contributed by atoms with Crippen molar-refractivity contribution in [2.75, 3.05) is 13.6 Å². The molecular formula is C18H34N4. The van der Waals surface area contributed by atoms with Gasteiger partial charge in [-0.15, -0.1) is 0 Å². The molecule has 4 nitrogen and oxygen atoms in total. The number of aliphatic imine (C=N–C) groups is 1. The number of rotatable bonds is 11. The Morgan fingerprint density at radius 3 is 2.45 bits per heavy atom. The van der Waals surface area contributed by atoms with E-state index in [4.69, 9.17) is 5.73 Å². The summed E-state index contributed by atoms with van der Waals surface area (Å²) in [7, 11) is 1.87. The van der Waals surface area contributed by atoms with E-state index >= 15 is 0 Å². The average molecular weight is 306 g/mol. The summed E-state index contributed by atoms with van der Waals surface area (Å²) in [5, 5.41) is 3.09. The fraction of sp³-hybridized carbons (Fsp3) is 0.611. The van der Waals surface area contributed by atoms with Gasteiger partial charge in [0.2, 0.25) is 0 Å². The van der Waals surface area contributed by atoms with E-state index in [1.807, 2.05) is 40.2 Å². The van der Waals surface area contributed by atoms with Gasteiger partial charge < -0.3 is 16.0 Å². The van der Waals surface area contributed by atoms with Crippen molar-refractivity contribution in [2.45, 2.75) is 58.9 Å². The van der Waals surface area contributed by atoms with Gasteiger partial charge in [0.25, 0.3) is 0 Å². The minimum absolute atomic E-state index is 0.260. The molecule has 0 aromatic carbocycles. The van der Waals surface area contributed by atoms with E-state index in [-0.39, 0.29) is 5.54 Å². The largest absolute Gasteiger partial charge is 0.388 e. The molecule has 0 saturated carbocycles. The molecule has 0 unspecified atom stereocenters. The van der Waals surface area contributed by atoms with Crippen molar-refractivity contribution >= 4 is 6.21 Å². The maximum absolute atomic E-state index is 6.02. The monoisotopic (exact) mass is 306 g/mol. The number of allylic oxidation sites excluding steroid dienone is 1. The Hall–Kier alpha value is -1.55. The molecule has 0 bridgehead atoms. The first kappa shape index (κ1) is 20.5. The molecule has 0 aromatic heterocycles. The molecule has 0 rings (SSSR count). The van der Waals surface area contributed by atoms with Crippen LogP contribution in [-0.4, -0.2) is 30.2 Å². The predicted molar refractivity (Wildman–Crippen MR) is 98.7 cm³/mol. The number of likely N-dealkylation sites (N-methyl/N-ethyl adjacent to an activating group) is 1. The second-order valence-corrected chi connectivity index (χ2v) is 6.26. The first-order valence-electron chi connectivity index (χ1n) is 8.05. The van der Waals surface area contributed by atoms with E-state index in [1.54, 1.807) is 0 Å². The van der Waals surface area contributed by atoms with Crippen LogP contribution in [0.2, 0.25) is 0 Å². The molecule has 0 aliphatic rings. The third-order valence-electron chi connectivity index (χ3n) is 3.42. The molecule has 0 fully saturated rings. The lowest BCUT2D eigenvalue weighted by atomic mass is 10.0. The van der Waals surface area contributed by atoms with Crippen LogP contribution in [0.1, 0.15) is 53.4 Å². The van der Waals surface area contributed by atoms with Gasteiger partial charge in [0.05, 0.1) is 0 Å². The van der Waals surface area contributed by atoms with Crippen molar-refractivity contribution in [3.63, 3.8) is 0 Å². The van der Waals surface area contributed by atoms with Crippen LogP contribution in [0.4, 0.5) is 0 Å². The molecule has 4 heteroatoms. The summed E-state index contributed by atoms with van der Waals surface area (Å²) in [4.78, 5) is 6.75. The minimum Gasteiger partial charge on any atom is -0.388 e. The van der Waals surface area contributed by atoms with Gasteiger partial charge in [-0.3, -0.25) is 0 Å². The maximum Gasteiger partial charge on any atom is 0.137 e. The van der Waals surface area contributed by atoms with Crippen LogP contribution in [0.3, 0.4) is 0 Å². The first-order chi connectivity index (χ1) is 10.3. The van der Waals surface area contributed by atoms with Crippen LogP contribution >= 0.6 is 0 Å². The number of nitrogens with two attached hydrogens (primary N) is 1. The maximum atomic E-state index is 6.02. The van der Waals surface area contributed by atoms with E-state index in [0.29, 0.717) is 0 Å². The summed E-state index contributed by atoms with van der Waals surface area (Å²) in [6.07, 6.45) is 7.94. The highest BCUT2D eigenvalue weighted by Gasteiger charge is 2.12. The van der Waals surface area contributed by atoms with Crippen molar-refractivity contribution < 1.29 is 0 Å². The number of nitrogens with one attached hydrogen (secondary N) is 1. The van der Waals surface area contributed by atoms with Gasteiger partial charge in [-0.25, -0.2) is 4.99 Å². The molecule has 0 spiro atoms. The van der Waals surface area contributed by atoms with Crippen molar-refractivity contribution in [3.05, 3.63) is 36.4 Å². The van der Waals surface area contributed by atoms with Gasteiger partial charge in [0.15, 0.2) is 0 Å². The molecule has 0 aliphatic heterocycles. The smallest absolute Gasteiger partial charge is 0.137 e. The number of nitrogens with zero attached hydrogens (tertiary/aromatic N) is 2. The van der Waals surface area contributed by atoms with Crippen molar-refractivity contribution in [2.24, 2.45) is 10.7 Å². The summed E-state index contributed by atoms with van der Waals surface area (Å²) in [6, 6.07) is 0. The molecule has 3 N–H and O–H groups in total. The van der Waals surface area contributed by atoms with Gasteiger partial charge in [-0.1, -0.05) is 32.9 Å². The summed E-state index contributed by atoms with van der Waals surface area (Å²) in [5.41, 5.74) is 7.64. The molecule has 0 heterocycles. The van der Waals surface area contributed by atoms with Crippen molar-refractivity contribution in [3.8, 4) is 0 Å². The normalized spacial score (nSPS) is 13.0. The Balaban J connectivity index is 5.31. The summed E-state index contributed by atoms with van der Waals surface area (Å²) in [6.45, 7) is 17.1. The quantitative estimate of drug-likeness (QED) is 0.347. The summed E-state index contributed by atoms with van der Waals surface area (Å²) in [5.74, 6) is 0.884. The first-order valence-corrected chi connectivity index (χ1v) is 8.05. The molecule has 0 aliphatic carbocycles. The molecule has 22 heavy (non-hydrogen) atoms.